The lowest BCUT2D eigenvalue weighted by molar-refractivity contribution is -0.142. The largest absolute Gasteiger partial charge is 0.468 e. The molecule has 0 amide bonds. The lowest BCUT2D eigenvalue weighted by Crippen LogP contribution is -2.42. The maximum Gasteiger partial charge on any atom is 0.324 e. The lowest BCUT2D eigenvalue weighted by Gasteiger charge is -2.16. The number of benzene rings is 3. The summed E-state index contributed by atoms with van der Waals surface area (Å²) in [5.41, 5.74) is 0.886. The molecule has 4 aromatic rings. The summed E-state index contributed by atoms with van der Waals surface area (Å²) < 4.78 is 60.7. The van der Waals surface area contributed by atoms with Gasteiger partial charge in [-0.25, -0.2) is 20.8 Å². The highest BCUT2D eigenvalue weighted by molar-refractivity contribution is 7.90. The van der Waals surface area contributed by atoms with E-state index >= 15 is 0 Å². The highest BCUT2D eigenvalue weighted by atomic mass is 32.2. The van der Waals surface area contributed by atoms with Gasteiger partial charge in [-0.2, -0.15) is 4.72 Å². The first-order valence-electron chi connectivity index (χ1n) is 10.3. The van der Waals surface area contributed by atoms with Crippen molar-refractivity contribution in [3.63, 3.8) is 0 Å². The van der Waals surface area contributed by atoms with Gasteiger partial charge in [0.15, 0.2) is 0 Å². The number of hydrogen-bond acceptors (Lipinski definition) is 6. The van der Waals surface area contributed by atoms with Crippen LogP contribution < -0.4 is 4.72 Å². The number of esters is 1. The van der Waals surface area contributed by atoms with Crippen LogP contribution in [0.2, 0.25) is 0 Å². The van der Waals surface area contributed by atoms with E-state index in [0.717, 1.165) is 11.1 Å². The van der Waals surface area contributed by atoms with Crippen LogP contribution in [0.15, 0.2) is 101 Å². The van der Waals surface area contributed by atoms with E-state index in [1.807, 2.05) is 0 Å². The summed E-state index contributed by atoms with van der Waals surface area (Å²) in [6.07, 6.45) is 1.30. The molecule has 1 aromatic heterocycles. The number of para-hydroxylation sites is 1. The lowest BCUT2D eigenvalue weighted by atomic mass is 10.1. The zero-order valence-electron chi connectivity index (χ0n) is 18.2. The molecule has 1 N–H and O–H groups in total. The number of aromatic nitrogens is 1. The Morgan fingerprint density at radius 1 is 0.853 bits per heavy atom. The maximum atomic E-state index is 13.3. The Labute approximate surface area is 197 Å². The minimum absolute atomic E-state index is 0.00186. The Morgan fingerprint density at radius 3 is 2.03 bits per heavy atom. The Morgan fingerprint density at radius 2 is 1.41 bits per heavy atom. The van der Waals surface area contributed by atoms with Gasteiger partial charge in [-0.3, -0.25) is 4.79 Å². The van der Waals surface area contributed by atoms with Crippen LogP contribution in [0.25, 0.3) is 10.9 Å². The van der Waals surface area contributed by atoms with Crippen LogP contribution in [0.5, 0.6) is 0 Å². The van der Waals surface area contributed by atoms with Gasteiger partial charge >= 0.3 is 5.97 Å². The summed E-state index contributed by atoms with van der Waals surface area (Å²) in [5, 5.41) is 0.579. The van der Waals surface area contributed by atoms with Gasteiger partial charge in [0.25, 0.3) is 10.0 Å². The van der Waals surface area contributed by atoms with E-state index in [9.17, 15) is 21.6 Å². The number of sulfonamides is 1. The predicted octanol–water partition coefficient (Wildman–Crippen LogP) is 2.94. The third-order valence-corrected chi connectivity index (χ3v) is 8.50. The second-order valence-corrected chi connectivity index (χ2v) is 11.0. The number of fused-ring (bicyclic) bond motifs is 1. The Balaban J connectivity index is 1.76. The first kappa shape index (κ1) is 23.7. The molecule has 176 valence electrons. The van der Waals surface area contributed by atoms with Crippen molar-refractivity contribution in [3.05, 3.63) is 96.7 Å². The van der Waals surface area contributed by atoms with E-state index in [1.54, 1.807) is 60.7 Å². The number of carbonyl (C=O) groups is 1. The second-order valence-electron chi connectivity index (χ2n) is 7.50. The molecular formula is C24H22N2O6S2. The fraction of sp³-hybridized carbons (Fsp3) is 0.125. The summed E-state index contributed by atoms with van der Waals surface area (Å²) in [5.74, 6) is -0.790. The highest BCUT2D eigenvalue weighted by Crippen LogP contribution is 2.27. The number of carbonyl (C=O) groups excluding carboxylic acids is 1. The summed E-state index contributed by atoms with van der Waals surface area (Å²) in [7, 11) is -6.79. The molecule has 34 heavy (non-hydrogen) atoms. The zero-order valence-corrected chi connectivity index (χ0v) is 19.8. The molecule has 4 rings (SSSR count). The van der Waals surface area contributed by atoms with Crippen LogP contribution in [0.4, 0.5) is 0 Å². The van der Waals surface area contributed by atoms with Crippen LogP contribution in [-0.4, -0.2) is 39.9 Å². The molecule has 1 atom stereocenters. The fourth-order valence-electron chi connectivity index (χ4n) is 3.68. The first-order valence-corrected chi connectivity index (χ1v) is 13.2. The minimum atomic E-state index is -4.03. The van der Waals surface area contributed by atoms with E-state index in [-0.39, 0.29) is 16.2 Å². The van der Waals surface area contributed by atoms with Crippen molar-refractivity contribution < 1.29 is 26.4 Å². The molecule has 8 nitrogen and oxygen atoms in total. The van der Waals surface area contributed by atoms with E-state index < -0.39 is 32.1 Å². The second kappa shape index (κ2) is 9.41. The topological polar surface area (TPSA) is 112 Å². The Hall–Kier alpha value is -3.47. The minimum Gasteiger partial charge on any atom is -0.468 e. The van der Waals surface area contributed by atoms with Crippen LogP contribution >= 0.6 is 0 Å². The molecule has 3 aromatic carbocycles. The Kier molecular flexibility index (Phi) is 6.56. The van der Waals surface area contributed by atoms with Crippen molar-refractivity contribution in [1.82, 2.24) is 8.69 Å². The summed E-state index contributed by atoms with van der Waals surface area (Å²) in [6.45, 7) is 0. The fourth-order valence-corrected chi connectivity index (χ4v) is 6.29. The van der Waals surface area contributed by atoms with Crippen LogP contribution in [-0.2, 0) is 36.0 Å². The molecule has 0 aliphatic heterocycles. The molecule has 1 unspecified atom stereocenters. The molecule has 0 fully saturated rings. The number of hydrogen-bond donors (Lipinski definition) is 1. The van der Waals surface area contributed by atoms with Crippen molar-refractivity contribution >= 4 is 36.9 Å². The highest BCUT2D eigenvalue weighted by Gasteiger charge is 2.29. The molecule has 10 heteroatoms. The molecule has 0 saturated carbocycles. The van der Waals surface area contributed by atoms with Crippen molar-refractivity contribution in [1.29, 1.82) is 0 Å². The van der Waals surface area contributed by atoms with Crippen molar-refractivity contribution in [2.45, 2.75) is 22.3 Å². The number of ether oxygens (including phenoxy) is 1. The van der Waals surface area contributed by atoms with Crippen LogP contribution in [0.3, 0.4) is 0 Å². The summed E-state index contributed by atoms with van der Waals surface area (Å²) >= 11 is 0. The number of rotatable bonds is 8. The van der Waals surface area contributed by atoms with Gasteiger partial charge in [-0.05, 0) is 35.9 Å². The average molecular weight is 499 g/mol. The van der Waals surface area contributed by atoms with Gasteiger partial charge in [-0.15, -0.1) is 0 Å². The van der Waals surface area contributed by atoms with Crippen LogP contribution in [0.1, 0.15) is 5.56 Å². The van der Waals surface area contributed by atoms with Crippen LogP contribution in [0, 0.1) is 0 Å². The smallest absolute Gasteiger partial charge is 0.324 e. The van der Waals surface area contributed by atoms with E-state index in [4.69, 9.17) is 4.74 Å². The molecule has 0 radical (unpaired) electrons. The molecule has 1 heterocycles. The number of nitrogens with one attached hydrogen (secondary N) is 1. The standard InChI is InChI=1S/C24H22N2O6S2/c1-32-24(27)22(25-33(28,29)19-10-4-2-5-11-19)16-18-17-26(23-15-9-8-14-21(18)23)34(30,31)20-12-6-3-7-13-20/h2-15,17,22,25H,16H2,1H3. The molecule has 0 saturated heterocycles. The average Bonchev–Trinajstić information content (AvgIpc) is 3.23. The first-order chi connectivity index (χ1) is 16.2. The number of methoxy groups -OCH3 is 1. The third kappa shape index (κ3) is 4.60. The van der Waals surface area contributed by atoms with Crippen molar-refractivity contribution in [2.24, 2.45) is 0 Å². The Bertz CT molecular complexity index is 1530. The predicted molar refractivity (Wildman–Crippen MR) is 127 cm³/mol. The normalized spacial score (nSPS) is 13.0. The van der Waals surface area contributed by atoms with E-state index in [2.05, 4.69) is 4.72 Å². The van der Waals surface area contributed by atoms with Gasteiger partial charge in [0.2, 0.25) is 10.0 Å². The molecule has 0 bridgehead atoms. The van der Waals surface area contributed by atoms with Gasteiger partial charge in [0, 0.05) is 18.0 Å². The van der Waals surface area contributed by atoms with Gasteiger partial charge in [0.05, 0.1) is 22.4 Å². The molecular weight excluding hydrogens is 476 g/mol. The van der Waals surface area contributed by atoms with Gasteiger partial charge in [0.1, 0.15) is 6.04 Å². The quantitative estimate of drug-likeness (QED) is 0.374. The summed E-state index contributed by atoms with van der Waals surface area (Å²) in [6, 6.07) is 21.2. The third-order valence-electron chi connectivity index (χ3n) is 5.32. The SMILES string of the molecule is COC(=O)C(Cc1cn(S(=O)(=O)c2ccccc2)c2ccccc12)NS(=O)(=O)c1ccccc1. The molecule has 0 aliphatic carbocycles. The summed E-state index contributed by atoms with van der Waals surface area (Å²) in [4.78, 5) is 12.6. The maximum absolute atomic E-state index is 13.3. The zero-order chi connectivity index (χ0) is 24.3. The molecule has 0 aliphatic rings. The molecule has 0 spiro atoms. The van der Waals surface area contributed by atoms with Crippen molar-refractivity contribution in [3.8, 4) is 0 Å². The van der Waals surface area contributed by atoms with Gasteiger partial charge in [-0.1, -0.05) is 54.6 Å². The van der Waals surface area contributed by atoms with Crippen molar-refractivity contribution in [2.75, 3.05) is 7.11 Å². The van der Waals surface area contributed by atoms with Gasteiger partial charge < -0.3 is 4.74 Å². The van der Waals surface area contributed by atoms with E-state index in [0.29, 0.717) is 16.5 Å². The van der Waals surface area contributed by atoms with E-state index in [1.165, 1.54) is 30.5 Å². The monoisotopic (exact) mass is 498 g/mol. The number of nitrogens with zero attached hydrogens (tertiary/aromatic N) is 1.